The van der Waals surface area contributed by atoms with Gasteiger partial charge in [0.1, 0.15) is 6.42 Å². The van der Waals surface area contributed by atoms with E-state index < -0.39 is 5.97 Å². The van der Waals surface area contributed by atoms with Gasteiger partial charge < -0.3 is 4.74 Å². The molecule has 0 aliphatic carbocycles. The average Bonchev–Trinajstić information content (AvgIpc) is 2.30. The summed E-state index contributed by atoms with van der Waals surface area (Å²) in [6.45, 7) is 6.22. The summed E-state index contributed by atoms with van der Waals surface area (Å²) >= 11 is 0. The van der Waals surface area contributed by atoms with Crippen molar-refractivity contribution in [2.24, 2.45) is 0 Å². The average molecular weight is 234 g/mol. The molecule has 1 aromatic carbocycles. The van der Waals surface area contributed by atoms with Gasteiger partial charge in [0.25, 0.3) is 0 Å². The summed E-state index contributed by atoms with van der Waals surface area (Å²) in [4.78, 5) is 23.1. The van der Waals surface area contributed by atoms with E-state index in [-0.39, 0.29) is 12.2 Å². The Hall–Kier alpha value is -1.64. The molecular formula is C14H18O3. The van der Waals surface area contributed by atoms with Gasteiger partial charge in [0, 0.05) is 5.56 Å². The van der Waals surface area contributed by atoms with E-state index >= 15 is 0 Å². The van der Waals surface area contributed by atoms with Gasteiger partial charge in [-0.05, 0) is 37.5 Å². The van der Waals surface area contributed by atoms with Gasteiger partial charge in [-0.1, -0.05) is 19.1 Å². The molecule has 0 atom stereocenters. The van der Waals surface area contributed by atoms with Crippen LogP contribution in [-0.2, 0) is 9.53 Å². The molecule has 0 aliphatic heterocycles. The standard InChI is InChI=1S/C14H18O3/c1-4-7-17-14(16)9-13(15)12-6-5-10(2)11(3)8-12/h5-6,8H,4,7,9H2,1-3H3. The lowest BCUT2D eigenvalue weighted by Crippen LogP contribution is -2.12. The molecule has 0 heterocycles. The van der Waals surface area contributed by atoms with Crippen molar-refractivity contribution in [3.63, 3.8) is 0 Å². The van der Waals surface area contributed by atoms with Crippen molar-refractivity contribution in [2.45, 2.75) is 33.6 Å². The smallest absolute Gasteiger partial charge is 0.313 e. The molecule has 0 amide bonds. The van der Waals surface area contributed by atoms with Crippen molar-refractivity contribution < 1.29 is 14.3 Å². The van der Waals surface area contributed by atoms with Crippen LogP contribution in [0.5, 0.6) is 0 Å². The Labute approximate surface area is 102 Å². The second-order valence-corrected chi connectivity index (χ2v) is 4.12. The largest absolute Gasteiger partial charge is 0.465 e. The third-order valence-electron chi connectivity index (χ3n) is 2.60. The number of ether oxygens (including phenoxy) is 1. The highest BCUT2D eigenvalue weighted by Crippen LogP contribution is 2.11. The molecule has 92 valence electrons. The van der Waals surface area contributed by atoms with E-state index in [9.17, 15) is 9.59 Å². The molecule has 3 nitrogen and oxygen atoms in total. The minimum atomic E-state index is -0.449. The summed E-state index contributed by atoms with van der Waals surface area (Å²) < 4.78 is 4.88. The lowest BCUT2D eigenvalue weighted by molar-refractivity contribution is -0.142. The van der Waals surface area contributed by atoms with Crippen molar-refractivity contribution in [3.8, 4) is 0 Å². The predicted octanol–water partition coefficient (Wildman–Crippen LogP) is 2.83. The van der Waals surface area contributed by atoms with Gasteiger partial charge in [-0.25, -0.2) is 0 Å². The summed E-state index contributed by atoms with van der Waals surface area (Å²) in [6.07, 6.45) is 0.589. The molecule has 0 N–H and O–H groups in total. The first-order valence-corrected chi connectivity index (χ1v) is 5.80. The number of carbonyl (C=O) groups is 2. The lowest BCUT2D eigenvalue weighted by Gasteiger charge is -2.05. The van der Waals surface area contributed by atoms with Crippen molar-refractivity contribution in [1.29, 1.82) is 0 Å². The highest BCUT2D eigenvalue weighted by molar-refractivity contribution is 6.06. The van der Waals surface area contributed by atoms with Gasteiger partial charge >= 0.3 is 5.97 Å². The summed E-state index contributed by atoms with van der Waals surface area (Å²) in [5, 5.41) is 0. The van der Waals surface area contributed by atoms with Crippen LogP contribution in [0, 0.1) is 13.8 Å². The molecule has 1 rings (SSSR count). The summed E-state index contributed by atoms with van der Waals surface area (Å²) in [5.74, 6) is -0.635. The third-order valence-corrected chi connectivity index (χ3v) is 2.60. The number of esters is 1. The fraction of sp³-hybridized carbons (Fsp3) is 0.429. The minimum Gasteiger partial charge on any atom is -0.465 e. The van der Waals surface area contributed by atoms with Crippen molar-refractivity contribution in [2.75, 3.05) is 6.61 Å². The maximum atomic E-state index is 11.8. The summed E-state index contributed by atoms with van der Waals surface area (Å²) in [5.41, 5.74) is 2.76. The van der Waals surface area contributed by atoms with E-state index in [2.05, 4.69) is 0 Å². The Morgan fingerprint density at radius 3 is 2.47 bits per heavy atom. The second-order valence-electron chi connectivity index (χ2n) is 4.12. The number of benzene rings is 1. The van der Waals surface area contributed by atoms with Crippen LogP contribution in [0.15, 0.2) is 18.2 Å². The van der Waals surface area contributed by atoms with Crippen molar-refractivity contribution in [3.05, 3.63) is 34.9 Å². The van der Waals surface area contributed by atoms with Gasteiger partial charge in [0.05, 0.1) is 6.61 Å². The highest BCUT2D eigenvalue weighted by atomic mass is 16.5. The van der Waals surface area contributed by atoms with Gasteiger partial charge in [-0.3, -0.25) is 9.59 Å². The SMILES string of the molecule is CCCOC(=O)CC(=O)c1ccc(C)c(C)c1. The molecule has 1 aromatic rings. The van der Waals surface area contributed by atoms with Crippen LogP contribution in [0.1, 0.15) is 41.3 Å². The molecule has 0 fully saturated rings. The molecule has 0 spiro atoms. The van der Waals surface area contributed by atoms with Crippen molar-refractivity contribution >= 4 is 11.8 Å². The van der Waals surface area contributed by atoms with Gasteiger partial charge in [-0.2, -0.15) is 0 Å². The lowest BCUT2D eigenvalue weighted by atomic mass is 10.0. The zero-order valence-electron chi connectivity index (χ0n) is 10.6. The van der Waals surface area contributed by atoms with Crippen LogP contribution in [0.3, 0.4) is 0 Å². The van der Waals surface area contributed by atoms with E-state index in [4.69, 9.17) is 4.74 Å². The number of aryl methyl sites for hydroxylation is 2. The van der Waals surface area contributed by atoms with E-state index in [1.165, 1.54) is 0 Å². The summed E-state index contributed by atoms with van der Waals surface area (Å²) in [7, 11) is 0. The topological polar surface area (TPSA) is 43.4 Å². The number of Topliss-reactive ketones (excluding diaryl/α,β-unsaturated/α-hetero) is 1. The van der Waals surface area contributed by atoms with Crippen LogP contribution in [0.4, 0.5) is 0 Å². The maximum Gasteiger partial charge on any atom is 0.313 e. The molecule has 0 bridgehead atoms. The first-order valence-electron chi connectivity index (χ1n) is 5.80. The maximum absolute atomic E-state index is 11.8. The quantitative estimate of drug-likeness (QED) is 0.447. The van der Waals surface area contributed by atoms with Gasteiger partial charge in [-0.15, -0.1) is 0 Å². The molecule has 0 unspecified atom stereocenters. The Morgan fingerprint density at radius 2 is 1.88 bits per heavy atom. The Morgan fingerprint density at radius 1 is 1.18 bits per heavy atom. The third kappa shape index (κ3) is 4.02. The van der Waals surface area contributed by atoms with Crippen LogP contribution < -0.4 is 0 Å². The molecule has 0 saturated carbocycles. The number of rotatable bonds is 5. The molecule has 0 aromatic heterocycles. The minimum absolute atomic E-state index is 0.178. The summed E-state index contributed by atoms with van der Waals surface area (Å²) in [6, 6.07) is 5.45. The first-order chi connectivity index (χ1) is 8.04. The number of hydrogen-bond acceptors (Lipinski definition) is 3. The van der Waals surface area contributed by atoms with Crippen LogP contribution >= 0.6 is 0 Å². The monoisotopic (exact) mass is 234 g/mol. The Balaban J connectivity index is 2.63. The zero-order chi connectivity index (χ0) is 12.8. The Bertz CT molecular complexity index is 421. The van der Waals surface area contributed by atoms with Crippen LogP contribution in [-0.4, -0.2) is 18.4 Å². The number of hydrogen-bond donors (Lipinski definition) is 0. The molecule has 0 saturated heterocycles. The molecule has 0 aliphatic rings. The van der Waals surface area contributed by atoms with Crippen LogP contribution in [0.2, 0.25) is 0 Å². The normalized spacial score (nSPS) is 10.1. The fourth-order valence-corrected chi connectivity index (χ4v) is 1.41. The van der Waals surface area contributed by atoms with E-state index in [1.807, 2.05) is 32.9 Å². The van der Waals surface area contributed by atoms with E-state index in [0.717, 1.165) is 17.5 Å². The van der Waals surface area contributed by atoms with Crippen molar-refractivity contribution in [1.82, 2.24) is 0 Å². The van der Waals surface area contributed by atoms with E-state index in [1.54, 1.807) is 6.07 Å². The van der Waals surface area contributed by atoms with Crippen LogP contribution in [0.25, 0.3) is 0 Å². The van der Waals surface area contributed by atoms with Gasteiger partial charge in [0.2, 0.25) is 0 Å². The molecular weight excluding hydrogens is 216 g/mol. The zero-order valence-corrected chi connectivity index (χ0v) is 10.6. The predicted molar refractivity (Wildman–Crippen MR) is 66.1 cm³/mol. The molecule has 0 radical (unpaired) electrons. The van der Waals surface area contributed by atoms with Gasteiger partial charge in [0.15, 0.2) is 5.78 Å². The molecule has 17 heavy (non-hydrogen) atoms. The number of ketones is 1. The molecule has 3 heteroatoms. The highest BCUT2D eigenvalue weighted by Gasteiger charge is 2.13. The second kappa shape index (κ2) is 6.18. The van der Waals surface area contributed by atoms with E-state index in [0.29, 0.717) is 12.2 Å². The Kier molecular flexibility index (Phi) is 4.88. The fourth-order valence-electron chi connectivity index (χ4n) is 1.41. The first kappa shape index (κ1) is 13.4. The number of carbonyl (C=O) groups excluding carboxylic acids is 2.